The van der Waals surface area contributed by atoms with Gasteiger partial charge in [-0.1, -0.05) is 32.9 Å². The molecule has 0 unspecified atom stereocenters. The van der Waals surface area contributed by atoms with E-state index in [4.69, 9.17) is 15.4 Å². The first-order valence-electron chi connectivity index (χ1n) is 7.40. The molecule has 5 heteroatoms. The van der Waals surface area contributed by atoms with Crippen LogP contribution in [0.3, 0.4) is 0 Å². The minimum absolute atomic E-state index is 0.0371. The van der Waals surface area contributed by atoms with Gasteiger partial charge in [-0.2, -0.15) is 0 Å². The first kappa shape index (κ1) is 18.3. The highest BCUT2D eigenvalue weighted by Crippen LogP contribution is 2.28. The van der Waals surface area contributed by atoms with Crippen molar-refractivity contribution in [1.29, 1.82) is 0 Å². The van der Waals surface area contributed by atoms with Crippen LogP contribution in [-0.2, 0) is 14.5 Å². The Bertz CT molecular complexity index is 521. The van der Waals surface area contributed by atoms with E-state index in [1.54, 1.807) is 0 Å². The molecule has 0 atom stereocenters. The molecule has 0 N–H and O–H groups in total. The van der Waals surface area contributed by atoms with Crippen molar-refractivity contribution in [2.24, 2.45) is 0 Å². The summed E-state index contributed by atoms with van der Waals surface area (Å²) in [5.41, 5.74) is 1.50. The van der Waals surface area contributed by atoms with Crippen LogP contribution in [-0.4, -0.2) is 20.8 Å². The van der Waals surface area contributed by atoms with Gasteiger partial charge in [0.1, 0.15) is 5.75 Å². The van der Waals surface area contributed by atoms with Crippen LogP contribution in [0.2, 0.25) is 0 Å². The van der Waals surface area contributed by atoms with Crippen molar-refractivity contribution in [2.45, 2.75) is 51.9 Å². The predicted molar refractivity (Wildman–Crippen MR) is 88.7 cm³/mol. The average Bonchev–Trinajstić information content (AvgIpc) is 2.42. The zero-order chi connectivity index (χ0) is 15.9. The second kappa shape index (κ2) is 8.04. The lowest BCUT2D eigenvalue weighted by molar-refractivity contribution is 0.306. The van der Waals surface area contributed by atoms with Crippen molar-refractivity contribution < 1.29 is 13.2 Å². The van der Waals surface area contributed by atoms with Gasteiger partial charge in [0.15, 0.2) is 0 Å². The Labute approximate surface area is 133 Å². The third-order valence-corrected chi connectivity index (χ3v) is 5.06. The van der Waals surface area contributed by atoms with E-state index in [-0.39, 0.29) is 11.2 Å². The number of rotatable bonds is 9. The molecule has 1 rings (SSSR count). The monoisotopic (exact) mass is 332 g/mol. The normalized spacial score (nSPS) is 12.4. The first-order chi connectivity index (χ1) is 9.74. The van der Waals surface area contributed by atoms with E-state index in [2.05, 4.69) is 32.9 Å². The van der Waals surface area contributed by atoms with Gasteiger partial charge >= 0.3 is 0 Å². The number of ether oxygens (including phenoxy) is 1. The Morgan fingerprint density at radius 3 is 2.24 bits per heavy atom. The quantitative estimate of drug-likeness (QED) is 0.494. The van der Waals surface area contributed by atoms with Crippen molar-refractivity contribution >= 4 is 19.7 Å². The molecular weight excluding hydrogens is 308 g/mol. The van der Waals surface area contributed by atoms with E-state index in [1.807, 2.05) is 12.1 Å². The molecule has 0 saturated heterocycles. The van der Waals surface area contributed by atoms with Crippen molar-refractivity contribution in [2.75, 3.05) is 12.4 Å². The van der Waals surface area contributed by atoms with Gasteiger partial charge in [-0.3, -0.25) is 0 Å². The minimum Gasteiger partial charge on any atom is -0.494 e. The summed E-state index contributed by atoms with van der Waals surface area (Å²) in [4.78, 5) is 0. The van der Waals surface area contributed by atoms with Crippen LogP contribution in [0.4, 0.5) is 0 Å². The van der Waals surface area contributed by atoms with Crippen LogP contribution < -0.4 is 4.74 Å². The predicted octanol–water partition coefficient (Wildman–Crippen LogP) is 4.49. The minimum atomic E-state index is -3.35. The number of hydrogen-bond acceptors (Lipinski definition) is 3. The van der Waals surface area contributed by atoms with Gasteiger partial charge in [0.05, 0.1) is 12.4 Å². The molecular formula is C16H25ClO3S. The van der Waals surface area contributed by atoms with E-state index in [1.165, 1.54) is 5.56 Å². The highest BCUT2D eigenvalue weighted by molar-refractivity contribution is 8.13. The molecule has 21 heavy (non-hydrogen) atoms. The van der Waals surface area contributed by atoms with Crippen molar-refractivity contribution in [3.63, 3.8) is 0 Å². The van der Waals surface area contributed by atoms with Crippen LogP contribution in [0.15, 0.2) is 24.3 Å². The fourth-order valence-electron chi connectivity index (χ4n) is 1.95. The zero-order valence-corrected chi connectivity index (χ0v) is 14.6. The Balaban J connectivity index is 2.31. The summed E-state index contributed by atoms with van der Waals surface area (Å²) >= 11 is 0. The lowest BCUT2D eigenvalue weighted by Crippen LogP contribution is -2.15. The molecule has 1 aromatic rings. The molecule has 0 aliphatic heterocycles. The summed E-state index contributed by atoms with van der Waals surface area (Å²) in [7, 11) is 1.79. The molecule has 3 nitrogen and oxygen atoms in total. The molecule has 0 aliphatic carbocycles. The third kappa shape index (κ3) is 7.18. The van der Waals surface area contributed by atoms with Gasteiger partial charge in [-0.25, -0.2) is 8.42 Å². The molecule has 0 bridgehead atoms. The van der Waals surface area contributed by atoms with Crippen molar-refractivity contribution in [1.82, 2.24) is 0 Å². The SMILES string of the molecule is CCC(C)(C)c1ccc(OCCCCCS(=O)(=O)Cl)cc1. The van der Waals surface area contributed by atoms with Crippen LogP contribution >= 0.6 is 10.7 Å². The molecule has 0 spiro atoms. The van der Waals surface area contributed by atoms with Gasteiger partial charge in [-0.15, -0.1) is 0 Å². The van der Waals surface area contributed by atoms with Gasteiger partial charge in [0.25, 0.3) is 0 Å². The lowest BCUT2D eigenvalue weighted by atomic mass is 9.82. The van der Waals surface area contributed by atoms with Crippen LogP contribution in [0.5, 0.6) is 5.75 Å². The van der Waals surface area contributed by atoms with E-state index >= 15 is 0 Å². The maximum atomic E-state index is 10.8. The Kier molecular flexibility index (Phi) is 7.01. The Morgan fingerprint density at radius 2 is 1.71 bits per heavy atom. The molecule has 0 aromatic heterocycles. The van der Waals surface area contributed by atoms with Gasteiger partial charge in [0.2, 0.25) is 9.05 Å². The summed E-state index contributed by atoms with van der Waals surface area (Å²) in [6.07, 6.45) is 3.30. The average molecular weight is 333 g/mol. The van der Waals surface area contributed by atoms with Crippen molar-refractivity contribution in [3.8, 4) is 5.75 Å². The molecule has 0 heterocycles. The zero-order valence-electron chi connectivity index (χ0n) is 13.1. The largest absolute Gasteiger partial charge is 0.494 e. The fraction of sp³-hybridized carbons (Fsp3) is 0.625. The summed E-state index contributed by atoms with van der Waals surface area (Å²) < 4.78 is 27.2. The number of halogens is 1. The molecule has 1 aromatic carbocycles. The summed E-state index contributed by atoms with van der Waals surface area (Å²) in [5.74, 6) is 0.894. The van der Waals surface area contributed by atoms with Gasteiger partial charge in [-0.05, 0) is 48.8 Å². The van der Waals surface area contributed by atoms with Gasteiger partial charge in [0, 0.05) is 10.7 Å². The van der Waals surface area contributed by atoms with Crippen LogP contribution in [0.25, 0.3) is 0 Å². The second-order valence-electron chi connectivity index (χ2n) is 5.91. The molecule has 120 valence electrons. The van der Waals surface area contributed by atoms with Crippen LogP contribution in [0.1, 0.15) is 52.0 Å². The summed E-state index contributed by atoms with van der Waals surface area (Å²) in [5, 5.41) is 0. The van der Waals surface area contributed by atoms with E-state index in [0.29, 0.717) is 13.0 Å². The topological polar surface area (TPSA) is 43.4 Å². The number of unbranched alkanes of at least 4 members (excludes halogenated alkanes) is 2. The molecule has 0 saturated carbocycles. The maximum Gasteiger partial charge on any atom is 0.232 e. The second-order valence-corrected chi connectivity index (χ2v) is 8.81. The van der Waals surface area contributed by atoms with Crippen molar-refractivity contribution in [3.05, 3.63) is 29.8 Å². The highest BCUT2D eigenvalue weighted by Gasteiger charge is 2.17. The highest BCUT2D eigenvalue weighted by atomic mass is 35.7. The standard InChI is InChI=1S/C16H25ClO3S/c1-4-16(2,3)14-8-10-15(11-9-14)20-12-6-5-7-13-21(17,18)19/h8-11H,4-7,12-13H2,1-3H3. The summed E-state index contributed by atoms with van der Waals surface area (Å²) in [6.45, 7) is 7.24. The Morgan fingerprint density at radius 1 is 1.10 bits per heavy atom. The van der Waals surface area contributed by atoms with Crippen LogP contribution in [0, 0.1) is 0 Å². The fourth-order valence-corrected chi connectivity index (χ4v) is 2.83. The number of hydrogen-bond donors (Lipinski definition) is 0. The maximum absolute atomic E-state index is 10.8. The smallest absolute Gasteiger partial charge is 0.232 e. The molecule has 0 amide bonds. The molecule has 0 fully saturated rings. The van der Waals surface area contributed by atoms with Gasteiger partial charge < -0.3 is 4.74 Å². The number of benzene rings is 1. The van der Waals surface area contributed by atoms with E-state index in [9.17, 15) is 8.42 Å². The third-order valence-electron chi connectivity index (χ3n) is 3.82. The van der Waals surface area contributed by atoms with E-state index < -0.39 is 9.05 Å². The molecule has 0 radical (unpaired) electrons. The first-order valence-corrected chi connectivity index (χ1v) is 9.88. The lowest BCUT2D eigenvalue weighted by Gasteiger charge is -2.23. The summed E-state index contributed by atoms with van der Waals surface area (Å²) in [6, 6.07) is 8.21. The van der Waals surface area contributed by atoms with E-state index in [0.717, 1.165) is 25.0 Å². The molecule has 0 aliphatic rings. The Hall–Kier alpha value is -0.740.